The van der Waals surface area contributed by atoms with Crippen molar-refractivity contribution >= 4 is 22.5 Å². The van der Waals surface area contributed by atoms with E-state index in [0.29, 0.717) is 12.2 Å². The topological polar surface area (TPSA) is 46.1 Å². The highest BCUT2D eigenvalue weighted by atomic mass is 19.1. The number of fused-ring (bicyclic) bond motifs is 1. The fourth-order valence-corrected chi connectivity index (χ4v) is 2.30. The van der Waals surface area contributed by atoms with E-state index < -0.39 is 12.6 Å². The number of carbonyl (C=O) groups excluding carboxylic acids is 1. The number of alkyl halides is 1. The first kappa shape index (κ1) is 14.1. The lowest BCUT2D eigenvalue weighted by molar-refractivity contribution is -0.119. The minimum absolute atomic E-state index is 0.322. The normalized spacial score (nSPS) is 10.6. The molecule has 1 amide bonds. The Kier molecular flexibility index (Phi) is 4.05. The molecule has 5 heteroatoms. The number of carbonyl (C=O) groups is 1. The zero-order chi connectivity index (χ0) is 15.4. The number of anilines is 1. The summed E-state index contributed by atoms with van der Waals surface area (Å²) in [6.45, 7) is -0.709. The number of nitrogens with zero attached hydrogens (tertiary/aromatic N) is 3. The minimum atomic E-state index is -1.03. The van der Waals surface area contributed by atoms with Crippen LogP contribution >= 0.6 is 0 Å². The van der Waals surface area contributed by atoms with Crippen LogP contribution in [0.3, 0.4) is 0 Å². The molecule has 22 heavy (non-hydrogen) atoms. The van der Waals surface area contributed by atoms with Gasteiger partial charge in [-0.1, -0.05) is 30.3 Å². The van der Waals surface area contributed by atoms with Crippen molar-refractivity contribution in [2.45, 2.75) is 6.54 Å². The second-order valence-electron chi connectivity index (χ2n) is 4.86. The monoisotopic (exact) mass is 295 g/mol. The molecule has 1 aromatic heterocycles. The number of amides is 1. The molecule has 0 aliphatic rings. The molecule has 0 aliphatic heterocycles. The van der Waals surface area contributed by atoms with Crippen molar-refractivity contribution in [2.75, 3.05) is 11.6 Å². The van der Waals surface area contributed by atoms with Gasteiger partial charge in [0, 0.05) is 17.3 Å². The van der Waals surface area contributed by atoms with Gasteiger partial charge in [0.1, 0.15) is 6.33 Å². The summed E-state index contributed by atoms with van der Waals surface area (Å²) in [5.41, 5.74) is 2.36. The lowest BCUT2D eigenvalue weighted by Gasteiger charge is -2.22. The van der Waals surface area contributed by atoms with E-state index in [2.05, 4.69) is 9.97 Å². The maximum atomic E-state index is 12.9. The van der Waals surface area contributed by atoms with Gasteiger partial charge in [-0.2, -0.15) is 0 Å². The van der Waals surface area contributed by atoms with E-state index >= 15 is 0 Å². The molecule has 0 atom stereocenters. The van der Waals surface area contributed by atoms with Gasteiger partial charge >= 0.3 is 0 Å². The standard InChI is InChI=1S/C17H14FN3O/c18-9-17(22)21(11-13-4-2-1-3-5-13)15-6-7-16-14(8-15)10-19-12-20-16/h1-8,10,12H,9,11H2. The number of aromatic nitrogens is 2. The Morgan fingerprint density at radius 2 is 1.95 bits per heavy atom. The van der Waals surface area contributed by atoms with Crippen LogP contribution in [0.25, 0.3) is 10.9 Å². The van der Waals surface area contributed by atoms with Crippen molar-refractivity contribution in [3.8, 4) is 0 Å². The van der Waals surface area contributed by atoms with E-state index in [1.54, 1.807) is 24.4 Å². The maximum absolute atomic E-state index is 12.9. The lowest BCUT2D eigenvalue weighted by Crippen LogP contribution is -2.31. The molecular formula is C17H14FN3O. The average molecular weight is 295 g/mol. The van der Waals surface area contributed by atoms with Crippen molar-refractivity contribution in [3.05, 3.63) is 66.6 Å². The fraction of sp³-hybridized carbons (Fsp3) is 0.118. The number of halogens is 1. The van der Waals surface area contributed by atoms with Gasteiger partial charge in [-0.15, -0.1) is 0 Å². The lowest BCUT2D eigenvalue weighted by atomic mass is 10.1. The predicted octanol–water partition coefficient (Wildman–Crippen LogP) is 3.13. The molecule has 0 N–H and O–H groups in total. The van der Waals surface area contributed by atoms with Crippen molar-refractivity contribution < 1.29 is 9.18 Å². The number of hydrogen-bond acceptors (Lipinski definition) is 3. The van der Waals surface area contributed by atoms with Gasteiger partial charge in [0.2, 0.25) is 0 Å². The van der Waals surface area contributed by atoms with Gasteiger partial charge in [-0.25, -0.2) is 14.4 Å². The Balaban J connectivity index is 1.98. The van der Waals surface area contributed by atoms with Gasteiger partial charge in [0.05, 0.1) is 12.1 Å². The average Bonchev–Trinajstić information content (AvgIpc) is 2.59. The highest BCUT2D eigenvalue weighted by molar-refractivity contribution is 5.96. The first-order valence-corrected chi connectivity index (χ1v) is 6.88. The van der Waals surface area contributed by atoms with E-state index in [1.807, 2.05) is 30.3 Å². The summed E-state index contributed by atoms with van der Waals surface area (Å²) in [5.74, 6) is -0.569. The van der Waals surface area contributed by atoms with Crippen molar-refractivity contribution in [3.63, 3.8) is 0 Å². The van der Waals surface area contributed by atoms with Crippen LogP contribution in [0.1, 0.15) is 5.56 Å². The molecule has 0 aliphatic carbocycles. The molecule has 0 radical (unpaired) electrons. The highest BCUT2D eigenvalue weighted by Gasteiger charge is 2.16. The smallest absolute Gasteiger partial charge is 0.258 e. The van der Waals surface area contributed by atoms with E-state index in [4.69, 9.17) is 0 Å². The fourth-order valence-electron chi connectivity index (χ4n) is 2.30. The number of hydrogen-bond donors (Lipinski definition) is 0. The second-order valence-corrected chi connectivity index (χ2v) is 4.86. The largest absolute Gasteiger partial charge is 0.306 e. The van der Waals surface area contributed by atoms with Crippen LogP contribution < -0.4 is 4.90 Å². The molecule has 0 saturated carbocycles. The summed E-state index contributed by atoms with van der Waals surface area (Å²) in [6, 6.07) is 14.9. The Morgan fingerprint density at radius 3 is 2.73 bits per heavy atom. The van der Waals surface area contributed by atoms with Gasteiger partial charge in [0.25, 0.3) is 5.91 Å². The summed E-state index contributed by atoms with van der Waals surface area (Å²) >= 11 is 0. The Bertz CT molecular complexity index is 792. The molecule has 0 saturated heterocycles. The van der Waals surface area contributed by atoms with E-state index in [-0.39, 0.29) is 0 Å². The third-order valence-corrected chi connectivity index (χ3v) is 3.40. The third-order valence-electron chi connectivity index (χ3n) is 3.40. The molecule has 4 nitrogen and oxygen atoms in total. The Morgan fingerprint density at radius 1 is 1.14 bits per heavy atom. The van der Waals surface area contributed by atoms with Crippen LogP contribution in [0.2, 0.25) is 0 Å². The van der Waals surface area contributed by atoms with Crippen LogP contribution in [0.4, 0.5) is 10.1 Å². The summed E-state index contributed by atoms with van der Waals surface area (Å²) in [5, 5.41) is 0.810. The van der Waals surface area contributed by atoms with Crippen LogP contribution in [0, 0.1) is 0 Å². The summed E-state index contributed by atoms with van der Waals surface area (Å²) in [6.07, 6.45) is 3.14. The quantitative estimate of drug-likeness (QED) is 0.743. The van der Waals surface area contributed by atoms with E-state index in [9.17, 15) is 9.18 Å². The molecule has 0 fully saturated rings. The molecule has 0 unspecified atom stereocenters. The predicted molar refractivity (Wildman–Crippen MR) is 83.1 cm³/mol. The molecule has 0 bridgehead atoms. The molecule has 0 spiro atoms. The maximum Gasteiger partial charge on any atom is 0.258 e. The van der Waals surface area contributed by atoms with E-state index in [0.717, 1.165) is 16.5 Å². The molecule has 2 aromatic carbocycles. The van der Waals surface area contributed by atoms with Crippen LogP contribution in [-0.2, 0) is 11.3 Å². The molecule has 1 heterocycles. The Hall–Kier alpha value is -2.82. The van der Waals surface area contributed by atoms with Gasteiger partial charge in [-0.3, -0.25) is 4.79 Å². The minimum Gasteiger partial charge on any atom is -0.306 e. The molecule has 3 aromatic rings. The van der Waals surface area contributed by atoms with Crippen LogP contribution in [0.5, 0.6) is 0 Å². The van der Waals surface area contributed by atoms with Crippen LogP contribution in [-0.4, -0.2) is 22.5 Å². The summed E-state index contributed by atoms with van der Waals surface area (Å²) < 4.78 is 12.9. The third kappa shape index (κ3) is 2.93. The Labute approximate surface area is 127 Å². The molecular weight excluding hydrogens is 281 g/mol. The number of benzene rings is 2. The zero-order valence-electron chi connectivity index (χ0n) is 11.8. The molecule has 3 rings (SSSR count). The van der Waals surface area contributed by atoms with E-state index in [1.165, 1.54) is 11.2 Å². The number of rotatable bonds is 4. The highest BCUT2D eigenvalue weighted by Crippen LogP contribution is 2.22. The summed E-state index contributed by atoms with van der Waals surface area (Å²) in [4.78, 5) is 21.5. The van der Waals surface area contributed by atoms with Gasteiger partial charge in [-0.05, 0) is 23.8 Å². The first-order valence-electron chi connectivity index (χ1n) is 6.88. The van der Waals surface area contributed by atoms with Crippen molar-refractivity contribution in [2.24, 2.45) is 0 Å². The first-order chi connectivity index (χ1) is 10.8. The zero-order valence-corrected chi connectivity index (χ0v) is 11.8. The van der Waals surface area contributed by atoms with Gasteiger partial charge < -0.3 is 4.90 Å². The van der Waals surface area contributed by atoms with Crippen LogP contribution in [0.15, 0.2) is 61.1 Å². The van der Waals surface area contributed by atoms with Crippen molar-refractivity contribution in [1.29, 1.82) is 0 Å². The SMILES string of the molecule is O=C(CF)N(Cc1ccccc1)c1ccc2ncncc2c1. The van der Waals surface area contributed by atoms with Gasteiger partial charge in [0.15, 0.2) is 6.67 Å². The second kappa shape index (κ2) is 6.30. The van der Waals surface area contributed by atoms with Crippen molar-refractivity contribution in [1.82, 2.24) is 9.97 Å². The molecule has 110 valence electrons. The summed E-state index contributed by atoms with van der Waals surface area (Å²) in [7, 11) is 0.